The molecule has 0 aliphatic carbocycles. The van der Waals surface area contributed by atoms with Crippen LogP contribution in [0.5, 0.6) is 0 Å². The molecule has 0 aromatic heterocycles. The van der Waals surface area contributed by atoms with Gasteiger partial charge in [0.05, 0.1) is 10.6 Å². The molecule has 1 N–H and O–H groups in total. The molecule has 0 saturated carbocycles. The summed E-state index contributed by atoms with van der Waals surface area (Å²) in [5, 5.41) is 0. The molecule has 0 spiro atoms. The molecule has 0 unspecified atom stereocenters. The maximum atomic E-state index is 13.5. The summed E-state index contributed by atoms with van der Waals surface area (Å²) in [7, 11) is -3.91. The van der Waals surface area contributed by atoms with Crippen LogP contribution in [0.2, 0.25) is 0 Å². The summed E-state index contributed by atoms with van der Waals surface area (Å²) in [6.07, 6.45) is 0. The summed E-state index contributed by atoms with van der Waals surface area (Å²) in [5.74, 6) is -1.73. The van der Waals surface area contributed by atoms with Gasteiger partial charge >= 0.3 is 0 Å². The minimum atomic E-state index is -3.91. The van der Waals surface area contributed by atoms with Crippen molar-refractivity contribution in [2.24, 2.45) is 0 Å². The molecule has 0 aliphatic rings. The average molecular weight is 297 g/mol. The second kappa shape index (κ2) is 5.20. The van der Waals surface area contributed by atoms with Crippen LogP contribution in [0.1, 0.15) is 11.1 Å². The van der Waals surface area contributed by atoms with Gasteiger partial charge < -0.3 is 0 Å². The van der Waals surface area contributed by atoms with E-state index < -0.39 is 21.7 Å². The molecule has 0 atom stereocenters. The van der Waals surface area contributed by atoms with Crippen LogP contribution in [0.3, 0.4) is 0 Å². The topological polar surface area (TPSA) is 46.2 Å². The van der Waals surface area contributed by atoms with Gasteiger partial charge in [0.25, 0.3) is 10.0 Å². The second-order valence-electron chi connectivity index (χ2n) is 4.50. The van der Waals surface area contributed by atoms with Crippen molar-refractivity contribution in [2.45, 2.75) is 18.7 Å². The van der Waals surface area contributed by atoms with Crippen LogP contribution in [0, 0.1) is 25.5 Å². The molecule has 0 saturated heterocycles. The van der Waals surface area contributed by atoms with Gasteiger partial charge in [0.1, 0.15) is 11.6 Å². The number of aryl methyl sites for hydroxylation is 2. The van der Waals surface area contributed by atoms with E-state index in [9.17, 15) is 17.2 Å². The van der Waals surface area contributed by atoms with E-state index in [1.165, 1.54) is 6.07 Å². The molecule has 0 bridgehead atoms. The highest BCUT2D eigenvalue weighted by Gasteiger charge is 2.19. The average Bonchev–Trinajstić information content (AvgIpc) is 2.35. The molecular formula is C14H13F2NO2S. The van der Waals surface area contributed by atoms with Crippen molar-refractivity contribution < 1.29 is 17.2 Å². The third-order valence-corrected chi connectivity index (χ3v) is 4.32. The van der Waals surface area contributed by atoms with E-state index in [4.69, 9.17) is 0 Å². The molecule has 0 radical (unpaired) electrons. The predicted molar refractivity (Wildman–Crippen MR) is 73.1 cm³/mol. The number of sulfonamides is 1. The Bertz CT molecular complexity index is 758. The third kappa shape index (κ3) is 2.96. The number of rotatable bonds is 3. The Morgan fingerprint density at radius 2 is 1.70 bits per heavy atom. The first kappa shape index (κ1) is 14.5. The van der Waals surface area contributed by atoms with E-state index in [1.807, 2.05) is 0 Å². The van der Waals surface area contributed by atoms with E-state index >= 15 is 0 Å². The number of halogens is 2. The Labute approximate surface area is 116 Å². The van der Waals surface area contributed by atoms with E-state index in [0.29, 0.717) is 11.6 Å². The van der Waals surface area contributed by atoms with Crippen LogP contribution in [0.4, 0.5) is 14.5 Å². The maximum Gasteiger partial charge on any atom is 0.262 e. The van der Waals surface area contributed by atoms with Gasteiger partial charge in [-0.1, -0.05) is 12.1 Å². The van der Waals surface area contributed by atoms with Crippen LogP contribution in [0.15, 0.2) is 41.3 Å². The minimum absolute atomic E-state index is 0.0706. The quantitative estimate of drug-likeness (QED) is 0.944. The largest absolute Gasteiger partial charge is 0.277 e. The molecule has 2 rings (SSSR count). The fourth-order valence-corrected chi connectivity index (χ4v) is 3.17. The molecule has 2 aromatic rings. The highest BCUT2D eigenvalue weighted by atomic mass is 32.2. The van der Waals surface area contributed by atoms with Crippen LogP contribution in [-0.4, -0.2) is 8.42 Å². The summed E-state index contributed by atoms with van der Waals surface area (Å²) in [5.41, 5.74) is 1.04. The van der Waals surface area contributed by atoms with Gasteiger partial charge in [-0.25, -0.2) is 17.2 Å². The molecule has 106 valence electrons. The Balaban J connectivity index is 2.43. The van der Waals surface area contributed by atoms with Gasteiger partial charge in [-0.2, -0.15) is 0 Å². The molecule has 0 fully saturated rings. The van der Waals surface area contributed by atoms with Gasteiger partial charge in [-0.15, -0.1) is 0 Å². The first-order valence-electron chi connectivity index (χ1n) is 5.85. The zero-order valence-electron chi connectivity index (χ0n) is 10.9. The van der Waals surface area contributed by atoms with Crippen LogP contribution in [0.25, 0.3) is 0 Å². The van der Waals surface area contributed by atoms with Crippen LogP contribution < -0.4 is 4.72 Å². The summed E-state index contributed by atoms with van der Waals surface area (Å²) >= 11 is 0. The van der Waals surface area contributed by atoms with Gasteiger partial charge in [-0.3, -0.25) is 4.72 Å². The first-order valence-corrected chi connectivity index (χ1v) is 7.33. The zero-order chi connectivity index (χ0) is 14.9. The molecular weight excluding hydrogens is 284 g/mol. The van der Waals surface area contributed by atoms with Gasteiger partial charge in [0, 0.05) is 6.07 Å². The number of nitrogens with one attached hydrogen (secondary N) is 1. The number of hydrogen-bond acceptors (Lipinski definition) is 2. The van der Waals surface area contributed by atoms with Crippen molar-refractivity contribution in [1.29, 1.82) is 0 Å². The second-order valence-corrected chi connectivity index (χ2v) is 6.15. The van der Waals surface area contributed by atoms with Gasteiger partial charge in [0.15, 0.2) is 0 Å². The van der Waals surface area contributed by atoms with Gasteiger partial charge in [-0.05, 0) is 43.2 Å². The summed E-state index contributed by atoms with van der Waals surface area (Å²) in [4.78, 5) is 0.0706. The lowest BCUT2D eigenvalue weighted by Crippen LogP contribution is -2.15. The summed E-state index contributed by atoms with van der Waals surface area (Å²) < 4.78 is 52.9. The lowest BCUT2D eigenvalue weighted by Gasteiger charge is -2.11. The van der Waals surface area contributed by atoms with Crippen molar-refractivity contribution in [2.75, 3.05) is 4.72 Å². The van der Waals surface area contributed by atoms with Crippen molar-refractivity contribution in [3.8, 4) is 0 Å². The monoisotopic (exact) mass is 297 g/mol. The number of benzene rings is 2. The summed E-state index contributed by atoms with van der Waals surface area (Å²) in [6, 6.07) is 7.62. The predicted octanol–water partition coefficient (Wildman–Crippen LogP) is 3.38. The molecule has 6 heteroatoms. The molecule has 2 aromatic carbocycles. The lowest BCUT2D eigenvalue weighted by molar-refractivity contribution is 0.582. The van der Waals surface area contributed by atoms with E-state index in [1.54, 1.807) is 26.0 Å². The fraction of sp³-hybridized carbons (Fsp3) is 0.143. The molecule has 3 nitrogen and oxygen atoms in total. The third-order valence-electron chi connectivity index (χ3n) is 2.81. The normalized spacial score (nSPS) is 11.4. The minimum Gasteiger partial charge on any atom is -0.277 e. The Kier molecular flexibility index (Phi) is 3.76. The standard InChI is InChI=1S/C14H13F2NO2S/c1-9-3-4-10(2)14(7-9)20(18,19)17-13-6-5-11(15)8-12(13)16/h3-8,17H,1-2H3. The Morgan fingerprint density at radius 3 is 2.35 bits per heavy atom. The van der Waals surface area contributed by atoms with E-state index in [2.05, 4.69) is 4.72 Å². The highest BCUT2D eigenvalue weighted by Crippen LogP contribution is 2.22. The lowest BCUT2D eigenvalue weighted by atomic mass is 10.2. The molecule has 0 heterocycles. The molecule has 0 aliphatic heterocycles. The molecule has 0 amide bonds. The Morgan fingerprint density at radius 1 is 1.00 bits per heavy atom. The SMILES string of the molecule is Cc1ccc(C)c(S(=O)(=O)Nc2ccc(F)cc2F)c1. The highest BCUT2D eigenvalue weighted by molar-refractivity contribution is 7.92. The van der Waals surface area contributed by atoms with Crippen molar-refractivity contribution in [1.82, 2.24) is 0 Å². The zero-order valence-corrected chi connectivity index (χ0v) is 11.8. The van der Waals surface area contributed by atoms with E-state index in [0.717, 1.165) is 17.7 Å². The summed E-state index contributed by atoms with van der Waals surface area (Å²) in [6.45, 7) is 3.41. The van der Waals surface area contributed by atoms with E-state index in [-0.39, 0.29) is 10.6 Å². The van der Waals surface area contributed by atoms with Crippen molar-refractivity contribution in [3.05, 3.63) is 59.2 Å². The maximum absolute atomic E-state index is 13.5. The first-order chi connectivity index (χ1) is 9.29. The van der Waals surface area contributed by atoms with Crippen LogP contribution in [-0.2, 0) is 10.0 Å². The number of hydrogen-bond donors (Lipinski definition) is 1. The fourth-order valence-electron chi connectivity index (χ4n) is 1.77. The molecule has 20 heavy (non-hydrogen) atoms. The van der Waals surface area contributed by atoms with Crippen LogP contribution >= 0.6 is 0 Å². The smallest absolute Gasteiger partial charge is 0.262 e. The Hall–Kier alpha value is -1.95. The van der Waals surface area contributed by atoms with Crippen molar-refractivity contribution in [3.63, 3.8) is 0 Å². The van der Waals surface area contributed by atoms with Gasteiger partial charge in [0.2, 0.25) is 0 Å². The van der Waals surface area contributed by atoms with Crippen molar-refractivity contribution >= 4 is 15.7 Å². The number of anilines is 1.